The van der Waals surface area contributed by atoms with Gasteiger partial charge in [0.25, 0.3) is 0 Å². The zero-order valence-electron chi connectivity index (χ0n) is 23.8. The summed E-state index contributed by atoms with van der Waals surface area (Å²) in [6, 6.07) is 15.3. The predicted molar refractivity (Wildman–Crippen MR) is 154 cm³/mol. The minimum atomic E-state index is -3.66. The van der Waals surface area contributed by atoms with Gasteiger partial charge in [-0.15, -0.1) is 5.10 Å². The summed E-state index contributed by atoms with van der Waals surface area (Å²) in [5.41, 5.74) is 6.04. The maximum Gasteiger partial charge on any atom is 0.339 e. The van der Waals surface area contributed by atoms with Gasteiger partial charge in [-0.05, 0) is 61.1 Å². The summed E-state index contributed by atoms with van der Waals surface area (Å²) in [6.07, 6.45) is 6.31. The molecule has 0 N–H and O–H groups in total. The number of methoxy groups -OCH3 is 1. The number of hydrogen-bond donors (Lipinski definition) is 0. The van der Waals surface area contributed by atoms with Crippen molar-refractivity contribution in [3.05, 3.63) is 94.6 Å². The zero-order valence-corrected chi connectivity index (χ0v) is 24.6. The maximum absolute atomic E-state index is 13.8. The molecule has 41 heavy (non-hydrogen) atoms. The molecule has 1 saturated carbocycles. The average Bonchev–Trinajstić information content (AvgIpc) is 3.44. The number of carbonyl (C=O) groups excluding carboxylic acids is 1. The fraction of sp³-hybridized carbons (Fsp3) is 0.387. The Labute approximate surface area is 240 Å². The highest BCUT2D eigenvalue weighted by Crippen LogP contribution is 2.55. The van der Waals surface area contributed by atoms with Crippen LogP contribution in [-0.4, -0.2) is 51.9 Å². The van der Waals surface area contributed by atoms with Crippen LogP contribution in [0.3, 0.4) is 0 Å². The molecular formula is C31H35N5O4S. The van der Waals surface area contributed by atoms with E-state index >= 15 is 0 Å². The number of sulfonamides is 1. The largest absolute Gasteiger partial charge is 0.465 e. The van der Waals surface area contributed by atoms with E-state index < -0.39 is 10.0 Å². The van der Waals surface area contributed by atoms with Crippen LogP contribution >= 0.6 is 0 Å². The van der Waals surface area contributed by atoms with Crippen LogP contribution in [0.15, 0.2) is 65.8 Å². The predicted octanol–water partition coefficient (Wildman–Crippen LogP) is 4.75. The summed E-state index contributed by atoms with van der Waals surface area (Å²) in [6.45, 7) is 4.86. The topological polar surface area (TPSA) is 99.3 Å². The molecule has 214 valence electrons. The molecule has 0 bridgehead atoms. The van der Waals surface area contributed by atoms with Crippen LogP contribution in [-0.2, 0) is 34.8 Å². The van der Waals surface area contributed by atoms with Crippen LogP contribution in [0.1, 0.15) is 70.0 Å². The number of aryl methyl sites for hydroxylation is 2. The Bertz CT molecular complexity index is 1720. The quantitative estimate of drug-likeness (QED) is 0.296. The third-order valence-electron chi connectivity index (χ3n) is 8.40. The minimum Gasteiger partial charge on any atom is -0.465 e. The van der Waals surface area contributed by atoms with Gasteiger partial charge in [0.2, 0.25) is 10.0 Å². The van der Waals surface area contributed by atoms with Gasteiger partial charge in [0, 0.05) is 55.7 Å². The van der Waals surface area contributed by atoms with Gasteiger partial charge in [-0.3, -0.25) is 4.68 Å². The molecule has 1 fully saturated rings. The van der Waals surface area contributed by atoms with Crippen molar-refractivity contribution < 1.29 is 17.9 Å². The molecule has 2 aromatic heterocycles. The first-order valence-electron chi connectivity index (χ1n) is 14.0. The van der Waals surface area contributed by atoms with E-state index in [0.29, 0.717) is 17.0 Å². The summed E-state index contributed by atoms with van der Waals surface area (Å²) in [5.74, 6) is 0.119. The third kappa shape index (κ3) is 5.10. The van der Waals surface area contributed by atoms with Crippen molar-refractivity contribution in [2.24, 2.45) is 13.0 Å². The third-order valence-corrected chi connectivity index (χ3v) is 10.3. The van der Waals surface area contributed by atoms with Gasteiger partial charge >= 0.3 is 5.97 Å². The highest BCUT2D eigenvalue weighted by molar-refractivity contribution is 7.89. The van der Waals surface area contributed by atoms with E-state index in [1.54, 1.807) is 21.1 Å². The van der Waals surface area contributed by atoms with E-state index in [1.165, 1.54) is 7.11 Å². The highest BCUT2D eigenvalue weighted by atomic mass is 32.2. The zero-order chi connectivity index (χ0) is 28.9. The molecular weight excluding hydrogens is 538 g/mol. The second-order valence-corrected chi connectivity index (χ2v) is 13.2. The van der Waals surface area contributed by atoms with Gasteiger partial charge in [0.1, 0.15) is 0 Å². The van der Waals surface area contributed by atoms with E-state index in [9.17, 15) is 13.2 Å². The first-order chi connectivity index (χ1) is 19.7. The first kappa shape index (κ1) is 27.4. The van der Waals surface area contributed by atoms with Crippen molar-refractivity contribution in [1.29, 1.82) is 0 Å². The molecule has 0 radical (unpaired) electrons. The van der Waals surface area contributed by atoms with Crippen molar-refractivity contribution in [3.63, 3.8) is 0 Å². The number of carbonyl (C=O) groups is 1. The second-order valence-electron chi connectivity index (χ2n) is 11.3. The lowest BCUT2D eigenvalue weighted by molar-refractivity contribution is 0.0599. The monoisotopic (exact) mass is 573 g/mol. The van der Waals surface area contributed by atoms with Crippen molar-refractivity contribution in [1.82, 2.24) is 23.9 Å². The van der Waals surface area contributed by atoms with Crippen LogP contribution in [0.5, 0.6) is 0 Å². The van der Waals surface area contributed by atoms with E-state index in [1.807, 2.05) is 67.3 Å². The van der Waals surface area contributed by atoms with E-state index in [0.717, 1.165) is 53.0 Å². The van der Waals surface area contributed by atoms with Gasteiger partial charge < -0.3 is 9.30 Å². The van der Waals surface area contributed by atoms with Crippen LogP contribution in [0, 0.1) is 12.8 Å². The second kappa shape index (κ2) is 10.6. The van der Waals surface area contributed by atoms with Crippen LogP contribution < -0.4 is 0 Å². The normalized spacial score (nSPS) is 21.7. The number of rotatable bonds is 7. The van der Waals surface area contributed by atoms with Gasteiger partial charge in [0.05, 0.1) is 23.3 Å². The van der Waals surface area contributed by atoms with Gasteiger partial charge in [-0.25, -0.2) is 13.2 Å². The number of benzene rings is 2. The van der Waals surface area contributed by atoms with Gasteiger partial charge in [-0.1, -0.05) is 48.4 Å². The van der Waals surface area contributed by atoms with Crippen molar-refractivity contribution >= 4 is 16.0 Å². The first-order valence-corrected chi connectivity index (χ1v) is 15.5. The highest BCUT2D eigenvalue weighted by Gasteiger charge is 2.45. The Morgan fingerprint density at radius 2 is 1.95 bits per heavy atom. The molecule has 1 aliphatic heterocycles. The molecule has 9 nitrogen and oxygen atoms in total. The molecule has 10 heteroatoms. The fourth-order valence-corrected chi connectivity index (χ4v) is 7.86. The summed E-state index contributed by atoms with van der Waals surface area (Å²) >= 11 is 0. The lowest BCUT2D eigenvalue weighted by Gasteiger charge is -2.23. The molecule has 1 aliphatic carbocycles. The molecule has 4 aromatic rings. The average molecular weight is 574 g/mol. The molecule has 2 aromatic carbocycles. The molecule has 0 unspecified atom stereocenters. The number of fused-ring (bicyclic) bond motifs is 1. The van der Waals surface area contributed by atoms with Gasteiger partial charge in [0.15, 0.2) is 0 Å². The van der Waals surface area contributed by atoms with E-state index in [-0.39, 0.29) is 30.3 Å². The van der Waals surface area contributed by atoms with Crippen LogP contribution in [0.25, 0.3) is 5.69 Å². The number of nitrogens with zero attached hydrogens (tertiary/aromatic N) is 5. The Kier molecular flexibility index (Phi) is 7.07. The Morgan fingerprint density at radius 3 is 2.68 bits per heavy atom. The van der Waals surface area contributed by atoms with E-state index in [2.05, 4.69) is 17.2 Å². The molecule has 6 rings (SSSR count). The minimum absolute atomic E-state index is 0.0933. The SMILES string of the molecule is CC[C@H]1Cc2cc(C)ccc2S(=O)(=O)N(Cc2cccc(-n3ccc(C(=O)OC)c3[C@@H]3C[C@H]3c3cn(C)nn3)c2)C1. The fourth-order valence-electron chi connectivity index (χ4n) is 6.14. The van der Waals surface area contributed by atoms with Crippen molar-refractivity contribution in [3.8, 4) is 5.69 Å². The molecule has 0 amide bonds. The lowest BCUT2D eigenvalue weighted by Crippen LogP contribution is -2.33. The standard InChI is InChI=1S/C31H35N5O4S/c1-5-21-14-23-13-20(2)9-10-29(23)41(38,39)35(17-21)18-22-7-6-8-24(15-22)36-12-11-25(31(37)40-4)30(36)27-16-26(27)28-19-34(3)33-32-28/h6-13,15,19,21,26-27H,5,14,16-18H2,1-4H3/t21-,26+,27+/m0/s1. The smallest absolute Gasteiger partial charge is 0.339 e. The molecule has 0 spiro atoms. The number of ether oxygens (including phenoxy) is 1. The molecule has 3 heterocycles. The molecule has 0 saturated heterocycles. The summed E-state index contributed by atoms with van der Waals surface area (Å²) in [7, 11) is -0.430. The van der Waals surface area contributed by atoms with E-state index in [4.69, 9.17) is 4.74 Å². The Morgan fingerprint density at radius 1 is 1.12 bits per heavy atom. The van der Waals surface area contributed by atoms with Gasteiger partial charge in [-0.2, -0.15) is 4.31 Å². The summed E-state index contributed by atoms with van der Waals surface area (Å²) < 4.78 is 38.1. The summed E-state index contributed by atoms with van der Waals surface area (Å²) in [5, 5.41) is 8.37. The lowest BCUT2D eigenvalue weighted by atomic mass is 9.96. The Hall–Kier alpha value is -3.76. The van der Waals surface area contributed by atoms with Crippen LogP contribution in [0.4, 0.5) is 0 Å². The molecule has 3 atom stereocenters. The van der Waals surface area contributed by atoms with Crippen LogP contribution in [0.2, 0.25) is 0 Å². The summed E-state index contributed by atoms with van der Waals surface area (Å²) in [4.78, 5) is 13.1. The number of hydrogen-bond acceptors (Lipinski definition) is 6. The number of esters is 1. The maximum atomic E-state index is 13.8. The molecule has 2 aliphatic rings. The Balaban J connectivity index is 1.34. The van der Waals surface area contributed by atoms with Crippen molar-refractivity contribution in [2.45, 2.75) is 56.4 Å². The number of aromatic nitrogens is 4. The van der Waals surface area contributed by atoms with Crippen molar-refractivity contribution in [2.75, 3.05) is 13.7 Å².